The third-order valence-electron chi connectivity index (χ3n) is 9.57. The Morgan fingerprint density at radius 3 is 2.04 bits per heavy atom. The normalized spacial score (nSPS) is 22.9. The van der Waals surface area contributed by atoms with Gasteiger partial charge in [0.25, 0.3) is 5.69 Å². The molecule has 45 heavy (non-hydrogen) atoms. The van der Waals surface area contributed by atoms with Crippen LogP contribution in [0.1, 0.15) is 55.7 Å². The maximum Gasteiger partial charge on any atom is 0.326 e. The molecule has 1 N–H and O–H groups in total. The van der Waals surface area contributed by atoms with Crippen LogP contribution in [0.25, 0.3) is 0 Å². The Balaban J connectivity index is 1.26. The summed E-state index contributed by atoms with van der Waals surface area (Å²) in [4.78, 5) is 40.6. The van der Waals surface area contributed by atoms with Crippen LogP contribution in [0.15, 0.2) is 96.7 Å². The molecule has 3 unspecified atom stereocenters. The van der Waals surface area contributed by atoms with Crippen molar-refractivity contribution in [3.8, 4) is 0 Å². The standard InChI is InChI=1S/C36H41N3O6/c1-26-25-32(28-15-17-31(18-16-28)39(42)43)36(27(2)37-26,33(40)44-3)34(41)45-24-10-21-38-22-19-35(20-23-38,29-11-6-4-7-12-29)30-13-8-5-9-14-30/h4-9,11-18,25,27,32,37H,10,19-24H2,1-3H3. The predicted octanol–water partition coefficient (Wildman–Crippen LogP) is 5.75. The van der Waals surface area contributed by atoms with E-state index in [9.17, 15) is 19.7 Å². The molecular formula is C36H41N3O6. The minimum Gasteiger partial charge on any atom is -0.468 e. The maximum absolute atomic E-state index is 13.9. The number of esters is 2. The maximum atomic E-state index is 13.9. The van der Waals surface area contributed by atoms with Crippen LogP contribution >= 0.6 is 0 Å². The fourth-order valence-electron chi connectivity index (χ4n) is 7.17. The summed E-state index contributed by atoms with van der Waals surface area (Å²) in [7, 11) is 1.25. The molecule has 9 nitrogen and oxygen atoms in total. The molecule has 3 aromatic carbocycles. The summed E-state index contributed by atoms with van der Waals surface area (Å²) in [5.74, 6) is -2.12. The highest BCUT2D eigenvalue weighted by Crippen LogP contribution is 2.46. The second-order valence-corrected chi connectivity index (χ2v) is 12.0. The third-order valence-corrected chi connectivity index (χ3v) is 9.57. The number of non-ortho nitro benzene ring substituents is 1. The molecule has 1 saturated heterocycles. The number of nitro groups is 1. The number of allylic oxidation sites excluding steroid dienone is 2. The summed E-state index contributed by atoms with van der Waals surface area (Å²) in [6.07, 6.45) is 4.38. The molecule has 0 spiro atoms. The minimum atomic E-state index is -1.71. The van der Waals surface area contributed by atoms with Gasteiger partial charge in [-0.3, -0.25) is 19.7 Å². The average Bonchev–Trinajstić information content (AvgIpc) is 3.07. The summed E-state index contributed by atoms with van der Waals surface area (Å²) in [5.41, 5.74) is 2.21. The molecule has 9 heteroatoms. The summed E-state index contributed by atoms with van der Waals surface area (Å²) >= 11 is 0. The van der Waals surface area contributed by atoms with Crippen molar-refractivity contribution in [1.82, 2.24) is 10.2 Å². The van der Waals surface area contributed by atoms with Gasteiger partial charge in [-0.15, -0.1) is 0 Å². The molecule has 2 aliphatic rings. The Labute approximate surface area is 264 Å². The van der Waals surface area contributed by atoms with E-state index in [1.165, 1.54) is 30.4 Å². The number of methoxy groups -OCH3 is 1. The number of rotatable bonds is 10. The molecule has 0 aromatic heterocycles. The van der Waals surface area contributed by atoms with Gasteiger partial charge in [-0.25, -0.2) is 0 Å². The molecule has 0 aliphatic carbocycles. The van der Waals surface area contributed by atoms with E-state index in [0.29, 0.717) is 12.0 Å². The first-order valence-electron chi connectivity index (χ1n) is 15.5. The van der Waals surface area contributed by atoms with Crippen molar-refractivity contribution >= 4 is 17.6 Å². The first-order valence-corrected chi connectivity index (χ1v) is 15.5. The second kappa shape index (κ2) is 13.6. The molecule has 5 rings (SSSR count). The van der Waals surface area contributed by atoms with Gasteiger partial charge in [0.05, 0.1) is 24.7 Å². The zero-order valence-electron chi connectivity index (χ0n) is 26.1. The Kier molecular flexibility index (Phi) is 9.68. The first kappa shape index (κ1) is 31.9. The van der Waals surface area contributed by atoms with Crippen molar-refractivity contribution < 1.29 is 24.0 Å². The van der Waals surface area contributed by atoms with E-state index < -0.39 is 34.2 Å². The van der Waals surface area contributed by atoms with Gasteiger partial charge < -0.3 is 19.7 Å². The van der Waals surface area contributed by atoms with Gasteiger partial charge in [-0.2, -0.15) is 0 Å². The zero-order valence-corrected chi connectivity index (χ0v) is 26.1. The number of nitro benzene ring substituents is 1. The van der Waals surface area contributed by atoms with Crippen molar-refractivity contribution in [2.75, 3.05) is 33.4 Å². The van der Waals surface area contributed by atoms with Crippen molar-refractivity contribution in [1.29, 1.82) is 0 Å². The number of carbonyl (C=O) groups is 2. The molecule has 0 radical (unpaired) electrons. The number of nitrogens with one attached hydrogen (secondary N) is 1. The lowest BCUT2D eigenvalue weighted by Crippen LogP contribution is -2.59. The molecule has 0 bridgehead atoms. The molecular weight excluding hydrogens is 570 g/mol. The second-order valence-electron chi connectivity index (χ2n) is 12.0. The zero-order chi connectivity index (χ0) is 32.0. The fourth-order valence-corrected chi connectivity index (χ4v) is 7.17. The molecule has 236 valence electrons. The average molecular weight is 612 g/mol. The molecule has 3 atom stereocenters. The number of ether oxygens (including phenoxy) is 2. The first-order chi connectivity index (χ1) is 21.7. The Bertz CT molecular complexity index is 1480. The van der Waals surface area contributed by atoms with Crippen LogP contribution < -0.4 is 5.32 Å². The lowest BCUT2D eigenvalue weighted by Gasteiger charge is -2.43. The number of piperidine rings is 1. The number of nitrogens with zero attached hydrogens (tertiary/aromatic N) is 2. The van der Waals surface area contributed by atoms with Gasteiger partial charge in [0.1, 0.15) is 0 Å². The SMILES string of the molecule is COC(=O)C1(C(=O)OCCCN2CCC(c3ccccc3)(c3ccccc3)CC2)C(C)NC(C)=CC1c1ccc([N+](=O)[O-])cc1. The van der Waals surface area contributed by atoms with Gasteiger partial charge >= 0.3 is 11.9 Å². The summed E-state index contributed by atoms with van der Waals surface area (Å²) in [5, 5.41) is 14.5. The van der Waals surface area contributed by atoms with Crippen LogP contribution in [-0.2, 0) is 24.5 Å². The lowest BCUT2D eigenvalue weighted by atomic mass is 9.65. The van der Waals surface area contributed by atoms with Crippen LogP contribution in [0.5, 0.6) is 0 Å². The predicted molar refractivity (Wildman–Crippen MR) is 172 cm³/mol. The number of benzene rings is 3. The van der Waals surface area contributed by atoms with Crippen molar-refractivity contribution in [3.05, 3.63) is 124 Å². The summed E-state index contributed by atoms with van der Waals surface area (Å²) < 4.78 is 11.1. The quantitative estimate of drug-likeness (QED) is 0.101. The number of hydrogen-bond donors (Lipinski definition) is 1. The van der Waals surface area contributed by atoms with Gasteiger partial charge in [0, 0.05) is 35.7 Å². The van der Waals surface area contributed by atoms with E-state index in [4.69, 9.17) is 9.47 Å². The van der Waals surface area contributed by atoms with Crippen LogP contribution in [0.4, 0.5) is 5.69 Å². The highest BCUT2D eigenvalue weighted by Gasteiger charge is 2.60. The Morgan fingerprint density at radius 2 is 1.51 bits per heavy atom. The van der Waals surface area contributed by atoms with Crippen molar-refractivity contribution in [2.24, 2.45) is 5.41 Å². The number of carbonyl (C=O) groups excluding carboxylic acids is 2. The molecule has 2 heterocycles. The Hall–Kier alpha value is -4.50. The third kappa shape index (κ3) is 6.22. The molecule has 0 saturated carbocycles. The highest BCUT2D eigenvalue weighted by molar-refractivity contribution is 6.03. The monoisotopic (exact) mass is 611 g/mol. The van der Waals surface area contributed by atoms with E-state index in [0.717, 1.165) is 38.2 Å². The number of hydrogen-bond acceptors (Lipinski definition) is 8. The van der Waals surface area contributed by atoms with Crippen LogP contribution in [-0.4, -0.2) is 61.2 Å². The molecule has 2 aliphatic heterocycles. The van der Waals surface area contributed by atoms with E-state index in [2.05, 4.69) is 70.9 Å². The Morgan fingerprint density at radius 1 is 0.933 bits per heavy atom. The van der Waals surface area contributed by atoms with Crippen molar-refractivity contribution in [2.45, 2.75) is 50.5 Å². The number of likely N-dealkylation sites (tertiary alicyclic amines) is 1. The largest absolute Gasteiger partial charge is 0.468 e. The lowest BCUT2D eigenvalue weighted by molar-refractivity contribution is -0.384. The van der Waals surface area contributed by atoms with E-state index in [1.54, 1.807) is 25.1 Å². The fraction of sp³-hybridized carbons (Fsp3) is 0.389. The van der Waals surface area contributed by atoms with E-state index in [-0.39, 0.29) is 17.7 Å². The summed E-state index contributed by atoms with van der Waals surface area (Å²) in [6, 6.07) is 26.7. The van der Waals surface area contributed by atoms with E-state index >= 15 is 0 Å². The minimum absolute atomic E-state index is 0.0406. The van der Waals surface area contributed by atoms with Gasteiger partial charge in [0.15, 0.2) is 5.41 Å². The highest BCUT2D eigenvalue weighted by atomic mass is 16.6. The molecule has 1 fully saturated rings. The molecule has 0 amide bonds. The van der Waals surface area contributed by atoms with Crippen LogP contribution in [0.3, 0.4) is 0 Å². The topological polar surface area (TPSA) is 111 Å². The summed E-state index contributed by atoms with van der Waals surface area (Å²) in [6.45, 7) is 6.35. The molecule has 3 aromatic rings. The smallest absolute Gasteiger partial charge is 0.326 e. The van der Waals surface area contributed by atoms with Crippen LogP contribution in [0, 0.1) is 15.5 Å². The van der Waals surface area contributed by atoms with Gasteiger partial charge in [-0.05, 0) is 62.9 Å². The van der Waals surface area contributed by atoms with Crippen LogP contribution in [0.2, 0.25) is 0 Å². The van der Waals surface area contributed by atoms with Gasteiger partial charge in [-0.1, -0.05) is 78.9 Å². The van der Waals surface area contributed by atoms with Gasteiger partial charge in [0.2, 0.25) is 0 Å². The van der Waals surface area contributed by atoms with Crippen molar-refractivity contribution in [3.63, 3.8) is 0 Å². The van der Waals surface area contributed by atoms with E-state index in [1.807, 2.05) is 6.92 Å².